The molecule has 0 saturated heterocycles. The van der Waals surface area contributed by atoms with E-state index in [9.17, 15) is 14.9 Å². The van der Waals surface area contributed by atoms with Crippen LogP contribution in [-0.2, 0) is 29.1 Å². The monoisotopic (exact) mass is 460 g/mol. The lowest BCUT2D eigenvalue weighted by Gasteiger charge is -2.26. The second-order valence-electron chi connectivity index (χ2n) is 7.97. The first kappa shape index (κ1) is 22.5. The predicted octanol–water partition coefficient (Wildman–Crippen LogP) is 4.84. The van der Waals surface area contributed by atoms with Gasteiger partial charge in [-0.25, -0.2) is 4.79 Å². The Labute approximate surface area is 196 Å². The predicted molar refractivity (Wildman–Crippen MR) is 126 cm³/mol. The van der Waals surface area contributed by atoms with E-state index in [0.29, 0.717) is 36.5 Å². The van der Waals surface area contributed by atoms with Gasteiger partial charge < -0.3 is 15.0 Å². The quantitative estimate of drug-likeness (QED) is 0.568. The first-order valence-corrected chi connectivity index (χ1v) is 11.6. The zero-order valence-corrected chi connectivity index (χ0v) is 19.1. The molecule has 2 amide bonds. The maximum absolute atomic E-state index is 12.7. The summed E-state index contributed by atoms with van der Waals surface area (Å²) in [6.45, 7) is 2.99. The molecule has 1 atom stereocenters. The fraction of sp³-hybridized carbons (Fsp3) is 0.280. The fourth-order valence-corrected chi connectivity index (χ4v) is 5.07. The van der Waals surface area contributed by atoms with Crippen LogP contribution in [0.4, 0.5) is 9.80 Å². The molecule has 3 aromatic rings. The third-order valence-corrected chi connectivity index (χ3v) is 6.76. The molecule has 3 heterocycles. The van der Waals surface area contributed by atoms with Gasteiger partial charge in [0.2, 0.25) is 5.91 Å². The molecule has 1 aliphatic rings. The molecule has 0 saturated carbocycles. The van der Waals surface area contributed by atoms with Gasteiger partial charge in [-0.3, -0.25) is 9.78 Å². The van der Waals surface area contributed by atoms with Crippen LogP contribution >= 0.6 is 11.3 Å². The number of fused-ring (bicyclic) bond motifs is 1. The number of carbonyl (C=O) groups is 2. The largest absolute Gasteiger partial charge is 0.444 e. The Kier molecular flexibility index (Phi) is 7.01. The zero-order valence-electron chi connectivity index (χ0n) is 18.3. The molecule has 4 rings (SSSR count). The van der Waals surface area contributed by atoms with Crippen LogP contribution in [0.5, 0.6) is 0 Å². The normalized spacial score (nSPS) is 13.5. The Morgan fingerprint density at radius 3 is 2.82 bits per heavy atom. The van der Waals surface area contributed by atoms with Gasteiger partial charge in [0.25, 0.3) is 0 Å². The average Bonchev–Trinajstić information content (AvgIpc) is 3.19. The molecule has 1 unspecified atom stereocenters. The Hall–Kier alpha value is -3.70. The van der Waals surface area contributed by atoms with E-state index in [1.165, 1.54) is 11.3 Å². The highest BCUT2D eigenvalue weighted by molar-refractivity contribution is 7.16. The molecule has 0 radical (unpaired) electrons. The van der Waals surface area contributed by atoms with Crippen LogP contribution in [0, 0.1) is 11.3 Å². The molecule has 1 N–H and O–H groups in total. The summed E-state index contributed by atoms with van der Waals surface area (Å²) in [6, 6.07) is 15.8. The molecule has 0 spiro atoms. The minimum absolute atomic E-state index is 0.0661. The van der Waals surface area contributed by atoms with E-state index in [1.54, 1.807) is 23.4 Å². The Bertz CT molecular complexity index is 1170. The van der Waals surface area contributed by atoms with Crippen molar-refractivity contribution in [1.82, 2.24) is 9.88 Å². The number of amides is 2. The second-order valence-corrected chi connectivity index (χ2v) is 9.08. The van der Waals surface area contributed by atoms with Gasteiger partial charge in [-0.1, -0.05) is 43.3 Å². The second kappa shape index (κ2) is 10.3. The molecule has 0 aliphatic carbocycles. The molecule has 168 valence electrons. The number of rotatable bonds is 6. The van der Waals surface area contributed by atoms with Crippen LogP contribution in [0.2, 0.25) is 0 Å². The van der Waals surface area contributed by atoms with Crippen molar-refractivity contribution in [3.63, 3.8) is 0 Å². The van der Waals surface area contributed by atoms with Crippen molar-refractivity contribution in [3.05, 3.63) is 82.0 Å². The molecule has 33 heavy (non-hydrogen) atoms. The maximum atomic E-state index is 12.7. The minimum atomic E-state index is -0.404. The van der Waals surface area contributed by atoms with Crippen molar-refractivity contribution in [1.29, 1.82) is 5.26 Å². The average molecular weight is 461 g/mol. The third kappa shape index (κ3) is 5.38. The number of aromatic nitrogens is 1. The Balaban J connectivity index is 1.39. The van der Waals surface area contributed by atoms with Gasteiger partial charge in [-0.2, -0.15) is 5.26 Å². The summed E-state index contributed by atoms with van der Waals surface area (Å²) in [6.07, 6.45) is 3.80. The number of pyridine rings is 1. The summed E-state index contributed by atoms with van der Waals surface area (Å²) in [5, 5.41) is 13.2. The van der Waals surface area contributed by atoms with Crippen LogP contribution in [0.25, 0.3) is 0 Å². The summed E-state index contributed by atoms with van der Waals surface area (Å²) in [5.74, 6) is -0.0643. The topological polar surface area (TPSA) is 95.3 Å². The standard InChI is InChI=1S/C25H24N4O3S/c1-17(19-7-3-2-4-8-19)12-23(30)28-24-21(13-26)20-9-11-29(15-22(20)33-24)25(31)32-16-18-6-5-10-27-14-18/h2-8,10,14,17H,9,11-12,15-16H2,1H3,(H,28,30). The molecule has 7 nitrogen and oxygen atoms in total. The summed E-state index contributed by atoms with van der Waals surface area (Å²) < 4.78 is 5.41. The molecule has 8 heteroatoms. The summed E-state index contributed by atoms with van der Waals surface area (Å²) >= 11 is 1.36. The minimum Gasteiger partial charge on any atom is -0.444 e. The maximum Gasteiger partial charge on any atom is 0.410 e. The SMILES string of the molecule is CC(CC(=O)Nc1sc2c(c1C#N)CCN(C(=O)OCc1cccnc1)C2)c1ccccc1. The highest BCUT2D eigenvalue weighted by atomic mass is 32.1. The highest BCUT2D eigenvalue weighted by Gasteiger charge is 2.28. The number of benzene rings is 1. The van der Waals surface area contributed by atoms with E-state index < -0.39 is 6.09 Å². The smallest absolute Gasteiger partial charge is 0.410 e. The van der Waals surface area contributed by atoms with Crippen LogP contribution in [0.1, 0.15) is 46.4 Å². The molecule has 2 aromatic heterocycles. The summed E-state index contributed by atoms with van der Waals surface area (Å²) in [5.41, 5.74) is 3.32. The fourth-order valence-electron chi connectivity index (χ4n) is 3.84. The summed E-state index contributed by atoms with van der Waals surface area (Å²) in [7, 11) is 0. The Morgan fingerprint density at radius 1 is 1.27 bits per heavy atom. The molecule has 1 aliphatic heterocycles. The van der Waals surface area contributed by atoms with Crippen molar-refractivity contribution < 1.29 is 14.3 Å². The molecular weight excluding hydrogens is 436 g/mol. The van der Waals surface area contributed by atoms with E-state index in [0.717, 1.165) is 21.6 Å². The van der Waals surface area contributed by atoms with Crippen molar-refractivity contribution in [2.75, 3.05) is 11.9 Å². The van der Waals surface area contributed by atoms with Gasteiger partial charge in [0, 0.05) is 35.8 Å². The van der Waals surface area contributed by atoms with Crippen LogP contribution in [0.3, 0.4) is 0 Å². The van der Waals surface area contributed by atoms with E-state index in [-0.39, 0.29) is 18.4 Å². The lowest BCUT2D eigenvalue weighted by atomic mass is 9.97. The molecule has 1 aromatic carbocycles. The highest BCUT2D eigenvalue weighted by Crippen LogP contribution is 2.37. The van der Waals surface area contributed by atoms with Gasteiger partial charge in [0.1, 0.15) is 17.7 Å². The molecule has 0 fully saturated rings. The number of thiophene rings is 1. The van der Waals surface area contributed by atoms with E-state index in [2.05, 4.69) is 16.4 Å². The van der Waals surface area contributed by atoms with Crippen LogP contribution in [-0.4, -0.2) is 28.4 Å². The first-order valence-electron chi connectivity index (χ1n) is 10.7. The van der Waals surface area contributed by atoms with Gasteiger partial charge in [0.05, 0.1) is 12.1 Å². The van der Waals surface area contributed by atoms with E-state index >= 15 is 0 Å². The third-order valence-electron chi connectivity index (χ3n) is 5.63. The number of carbonyl (C=O) groups excluding carboxylic acids is 2. The van der Waals surface area contributed by atoms with Crippen molar-refractivity contribution in [2.24, 2.45) is 0 Å². The van der Waals surface area contributed by atoms with E-state index in [4.69, 9.17) is 4.74 Å². The number of hydrogen-bond donors (Lipinski definition) is 1. The van der Waals surface area contributed by atoms with Gasteiger partial charge in [-0.15, -0.1) is 11.3 Å². The lowest BCUT2D eigenvalue weighted by Crippen LogP contribution is -2.35. The summed E-state index contributed by atoms with van der Waals surface area (Å²) in [4.78, 5) is 31.7. The van der Waals surface area contributed by atoms with Crippen molar-refractivity contribution >= 4 is 28.3 Å². The van der Waals surface area contributed by atoms with Crippen LogP contribution in [0.15, 0.2) is 54.9 Å². The Morgan fingerprint density at radius 2 is 2.09 bits per heavy atom. The first-order chi connectivity index (χ1) is 16.0. The number of ether oxygens (including phenoxy) is 1. The van der Waals surface area contributed by atoms with Crippen molar-refractivity contribution in [3.8, 4) is 6.07 Å². The molecule has 0 bridgehead atoms. The number of nitrogens with one attached hydrogen (secondary N) is 1. The van der Waals surface area contributed by atoms with Gasteiger partial charge in [0.15, 0.2) is 0 Å². The zero-order chi connectivity index (χ0) is 23.2. The number of anilines is 1. The number of nitrogens with zero attached hydrogens (tertiary/aromatic N) is 3. The number of hydrogen-bond acceptors (Lipinski definition) is 6. The van der Waals surface area contributed by atoms with Gasteiger partial charge >= 0.3 is 6.09 Å². The number of nitriles is 1. The molecular formula is C25H24N4O3S. The van der Waals surface area contributed by atoms with Crippen LogP contribution < -0.4 is 5.32 Å². The lowest BCUT2D eigenvalue weighted by molar-refractivity contribution is -0.116. The van der Waals surface area contributed by atoms with E-state index in [1.807, 2.05) is 43.3 Å². The van der Waals surface area contributed by atoms with Crippen molar-refractivity contribution in [2.45, 2.75) is 38.8 Å². The van der Waals surface area contributed by atoms with Gasteiger partial charge in [-0.05, 0) is 29.5 Å².